The lowest BCUT2D eigenvalue weighted by Gasteiger charge is -2.49. The summed E-state index contributed by atoms with van der Waals surface area (Å²) in [4.78, 5) is 24.6. The molecule has 1 aromatic rings. The summed E-state index contributed by atoms with van der Waals surface area (Å²) in [6.45, 7) is 15.7. The fourth-order valence-corrected chi connectivity index (χ4v) is 10.7. The molecule has 12 nitrogen and oxygen atoms in total. The lowest BCUT2D eigenvalue weighted by atomic mass is 9.78. The molecule has 1 aromatic carbocycles. The van der Waals surface area contributed by atoms with Crippen LogP contribution in [0.1, 0.15) is 117 Å². The number of rotatable bonds is 12. The lowest BCUT2D eigenvalue weighted by molar-refractivity contribution is -0.336. The zero-order valence-electron chi connectivity index (χ0n) is 34.3. The number of esters is 1. The first-order valence-electron chi connectivity index (χ1n) is 20.7. The number of aliphatic carboxylic acids is 1. The SMILES string of the molecule is CC[C@@]1([C@@H]2O[C@@H]([C@H]3O[C@@](O)(COC(=O)c4ccccc4)[C@H](C)C[C@@H]3C)C[C@@H]2C)CC[C@H]([C@]2(C)CC[C@]3(C[C@H](O)[C@@H](C)[C@@H]([C@@H](C)[C@@H](OC)[C@H](C)C(=O)O)O3)O2)O1. The van der Waals surface area contributed by atoms with Crippen LogP contribution >= 0.6 is 0 Å². The number of carbonyl (C=O) groups excluding carboxylic acids is 1. The van der Waals surface area contributed by atoms with Crippen molar-refractivity contribution in [2.75, 3.05) is 13.7 Å². The molecule has 310 valence electrons. The van der Waals surface area contributed by atoms with E-state index >= 15 is 0 Å². The summed E-state index contributed by atoms with van der Waals surface area (Å²) >= 11 is 0. The Bertz CT molecular complexity index is 1490. The van der Waals surface area contributed by atoms with E-state index < -0.39 is 65.0 Å². The second-order valence-corrected chi connectivity index (χ2v) is 18.1. The van der Waals surface area contributed by atoms with E-state index in [0.717, 1.165) is 25.7 Å². The summed E-state index contributed by atoms with van der Waals surface area (Å²) in [5.41, 5.74) is -0.807. The highest BCUT2D eigenvalue weighted by Gasteiger charge is 2.62. The van der Waals surface area contributed by atoms with Gasteiger partial charge in [0.25, 0.3) is 0 Å². The molecule has 5 fully saturated rings. The van der Waals surface area contributed by atoms with E-state index in [2.05, 4.69) is 27.7 Å². The maximum atomic E-state index is 12.7. The molecule has 55 heavy (non-hydrogen) atoms. The van der Waals surface area contributed by atoms with Crippen LogP contribution < -0.4 is 0 Å². The molecule has 5 aliphatic heterocycles. The fraction of sp³-hybridized carbons (Fsp3) is 0.814. The van der Waals surface area contributed by atoms with E-state index in [1.807, 2.05) is 26.8 Å². The van der Waals surface area contributed by atoms with Crippen LogP contribution in [0.3, 0.4) is 0 Å². The van der Waals surface area contributed by atoms with Crippen molar-refractivity contribution in [2.24, 2.45) is 35.5 Å². The zero-order chi connectivity index (χ0) is 40.1. The maximum Gasteiger partial charge on any atom is 0.338 e. The number of hydrogen-bond donors (Lipinski definition) is 3. The smallest absolute Gasteiger partial charge is 0.338 e. The van der Waals surface area contributed by atoms with Gasteiger partial charge in [-0.25, -0.2) is 4.79 Å². The van der Waals surface area contributed by atoms with Crippen molar-refractivity contribution in [2.45, 2.75) is 172 Å². The minimum Gasteiger partial charge on any atom is -0.481 e. The third kappa shape index (κ3) is 8.13. The minimum absolute atomic E-state index is 0.111. The van der Waals surface area contributed by atoms with Gasteiger partial charge < -0.3 is 48.5 Å². The Hall–Kier alpha value is -2.16. The summed E-state index contributed by atoms with van der Waals surface area (Å²) in [7, 11) is 1.52. The average molecular weight is 775 g/mol. The van der Waals surface area contributed by atoms with Gasteiger partial charge in [0.15, 0.2) is 5.79 Å². The highest BCUT2D eigenvalue weighted by Crippen LogP contribution is 2.55. The molecule has 0 radical (unpaired) electrons. The Morgan fingerprint density at radius 2 is 1.69 bits per heavy atom. The van der Waals surface area contributed by atoms with Gasteiger partial charge >= 0.3 is 11.9 Å². The first-order chi connectivity index (χ1) is 25.9. The van der Waals surface area contributed by atoms with E-state index in [0.29, 0.717) is 31.2 Å². The monoisotopic (exact) mass is 774 g/mol. The number of aliphatic hydroxyl groups is 2. The summed E-state index contributed by atoms with van der Waals surface area (Å²) in [6, 6.07) is 8.74. The van der Waals surface area contributed by atoms with E-state index in [1.165, 1.54) is 7.11 Å². The van der Waals surface area contributed by atoms with E-state index in [9.17, 15) is 24.9 Å². The second-order valence-electron chi connectivity index (χ2n) is 18.1. The van der Waals surface area contributed by atoms with E-state index in [1.54, 1.807) is 31.2 Å². The average Bonchev–Trinajstić information content (AvgIpc) is 3.87. The van der Waals surface area contributed by atoms with Gasteiger partial charge in [-0.05, 0) is 76.3 Å². The molecular weight excluding hydrogens is 708 g/mol. The van der Waals surface area contributed by atoms with Crippen molar-refractivity contribution < 1.29 is 58.1 Å². The quantitative estimate of drug-likeness (QED) is 0.209. The number of hydrogen-bond acceptors (Lipinski definition) is 11. The molecule has 0 bridgehead atoms. The van der Waals surface area contributed by atoms with Crippen molar-refractivity contribution in [3.63, 3.8) is 0 Å². The number of carboxylic acid groups (broad SMARTS) is 1. The van der Waals surface area contributed by atoms with Gasteiger partial charge in [-0.15, -0.1) is 0 Å². The predicted molar refractivity (Wildman–Crippen MR) is 202 cm³/mol. The van der Waals surface area contributed by atoms with Crippen LogP contribution in [0.4, 0.5) is 0 Å². The number of methoxy groups -OCH3 is 1. The van der Waals surface area contributed by atoms with Gasteiger partial charge in [0.05, 0.1) is 65.4 Å². The van der Waals surface area contributed by atoms with Crippen molar-refractivity contribution >= 4 is 11.9 Å². The largest absolute Gasteiger partial charge is 0.481 e. The van der Waals surface area contributed by atoms with Crippen LogP contribution in [0.5, 0.6) is 0 Å². The normalized spacial score (nSPS) is 45.0. The Kier molecular flexibility index (Phi) is 12.5. The molecule has 5 heterocycles. The predicted octanol–water partition coefficient (Wildman–Crippen LogP) is 6.14. The van der Waals surface area contributed by atoms with Gasteiger partial charge in [0.2, 0.25) is 5.79 Å². The first kappa shape index (κ1) is 42.4. The Morgan fingerprint density at radius 3 is 2.35 bits per heavy atom. The van der Waals surface area contributed by atoms with E-state index in [-0.39, 0.29) is 54.5 Å². The van der Waals surface area contributed by atoms with Crippen LogP contribution in [0.2, 0.25) is 0 Å². The maximum absolute atomic E-state index is 12.7. The molecule has 1 spiro atoms. The summed E-state index contributed by atoms with van der Waals surface area (Å²) < 4.78 is 45.6. The van der Waals surface area contributed by atoms with Gasteiger partial charge in [-0.1, -0.05) is 59.7 Å². The van der Waals surface area contributed by atoms with Gasteiger partial charge in [-0.3, -0.25) is 4.79 Å². The molecule has 5 aliphatic rings. The number of aliphatic hydroxyl groups excluding tert-OH is 1. The van der Waals surface area contributed by atoms with Crippen LogP contribution in [0.25, 0.3) is 0 Å². The lowest BCUT2D eigenvalue weighted by Crippen LogP contribution is -2.57. The first-order valence-corrected chi connectivity index (χ1v) is 20.7. The van der Waals surface area contributed by atoms with Crippen molar-refractivity contribution in [1.82, 2.24) is 0 Å². The molecule has 12 heteroatoms. The van der Waals surface area contributed by atoms with Gasteiger partial charge in [0, 0.05) is 37.7 Å². The molecule has 0 unspecified atom stereocenters. The Morgan fingerprint density at radius 1 is 0.982 bits per heavy atom. The number of carboxylic acids is 1. The van der Waals surface area contributed by atoms with E-state index in [4.69, 9.17) is 33.2 Å². The fourth-order valence-electron chi connectivity index (χ4n) is 10.7. The topological polar surface area (TPSA) is 159 Å². The third-order valence-corrected chi connectivity index (χ3v) is 14.2. The zero-order valence-corrected chi connectivity index (χ0v) is 34.3. The molecule has 0 amide bonds. The molecule has 6 rings (SSSR count). The van der Waals surface area contributed by atoms with Crippen molar-refractivity contribution in [3.8, 4) is 0 Å². The van der Waals surface area contributed by atoms with Crippen molar-refractivity contribution in [1.29, 1.82) is 0 Å². The second kappa shape index (κ2) is 16.2. The molecule has 3 N–H and O–H groups in total. The van der Waals surface area contributed by atoms with Crippen LogP contribution in [-0.2, 0) is 38.0 Å². The number of ether oxygens (including phenoxy) is 7. The highest BCUT2D eigenvalue weighted by atomic mass is 16.7. The Balaban J connectivity index is 1.12. The minimum atomic E-state index is -1.64. The molecular formula is C43H66O12. The molecule has 0 aromatic heterocycles. The number of carbonyl (C=O) groups is 2. The van der Waals surface area contributed by atoms with Crippen LogP contribution in [0, 0.1) is 35.5 Å². The van der Waals surface area contributed by atoms with Crippen LogP contribution in [-0.4, -0.2) is 106 Å². The number of benzene rings is 1. The highest BCUT2D eigenvalue weighted by molar-refractivity contribution is 5.89. The Labute approximate surface area is 326 Å². The third-order valence-electron chi connectivity index (χ3n) is 14.2. The molecule has 0 saturated carbocycles. The van der Waals surface area contributed by atoms with Crippen LogP contribution in [0.15, 0.2) is 30.3 Å². The summed E-state index contributed by atoms with van der Waals surface area (Å²) in [5, 5.41) is 32.8. The van der Waals surface area contributed by atoms with Crippen molar-refractivity contribution in [3.05, 3.63) is 35.9 Å². The molecule has 0 aliphatic carbocycles. The molecule has 17 atom stereocenters. The molecule has 5 saturated heterocycles. The summed E-state index contributed by atoms with van der Waals surface area (Å²) in [5.74, 6) is -5.38. The van der Waals surface area contributed by atoms with Gasteiger partial charge in [-0.2, -0.15) is 0 Å². The summed E-state index contributed by atoms with van der Waals surface area (Å²) in [6.07, 6.45) is 2.48. The van der Waals surface area contributed by atoms with Gasteiger partial charge in [0.1, 0.15) is 6.61 Å². The standard InChI is InChI=1S/C43H66O12/c1-10-41(37-25(3)21-32(51-37)34-24(2)20-26(4)43(48,54-34)23-50-39(47)30-14-12-11-13-15-30)17-16-33(52-41)40(8)18-19-42(55-40)22-31(44)27(5)36(53-42)28(6)35(49-9)29(7)38(45)46/h11-15,24-29,31-37,44,48H,10,16-23H2,1-9H3,(H,45,46)/t24-,25-,26+,27+,28-,29-,31-,32+,33+,34-,35+,36-,37+,40-,41-,42+,43-/m0/s1.